The summed E-state index contributed by atoms with van der Waals surface area (Å²) >= 11 is 1.61. The fourth-order valence-electron chi connectivity index (χ4n) is 5.06. The lowest BCUT2D eigenvalue weighted by atomic mass is 9.96. The maximum absolute atomic E-state index is 12.7. The third kappa shape index (κ3) is 7.79. The third-order valence-corrected chi connectivity index (χ3v) is 8.38. The minimum atomic E-state index is -4.74. The molecule has 230 valence electrons. The number of nitrogens with one attached hydrogen (secondary N) is 1. The molecular formula is C32H33F3N6O2S. The van der Waals surface area contributed by atoms with Crippen LogP contribution in [0.5, 0.6) is 5.75 Å². The second kappa shape index (κ2) is 13.5. The van der Waals surface area contributed by atoms with E-state index in [0.717, 1.165) is 58.2 Å². The first-order chi connectivity index (χ1) is 21.1. The molecule has 0 spiro atoms. The van der Waals surface area contributed by atoms with E-state index in [2.05, 4.69) is 62.9 Å². The van der Waals surface area contributed by atoms with Gasteiger partial charge in [0.25, 0.3) is 0 Å². The number of alkyl halides is 3. The van der Waals surface area contributed by atoms with Crippen LogP contribution in [0.15, 0.2) is 78.0 Å². The van der Waals surface area contributed by atoms with Gasteiger partial charge in [0.15, 0.2) is 11.0 Å². The van der Waals surface area contributed by atoms with Crippen molar-refractivity contribution in [1.29, 1.82) is 0 Å². The van der Waals surface area contributed by atoms with Gasteiger partial charge in [-0.2, -0.15) is 4.99 Å². The van der Waals surface area contributed by atoms with Gasteiger partial charge >= 0.3 is 12.4 Å². The van der Waals surface area contributed by atoms with Gasteiger partial charge in [-0.25, -0.2) is 14.5 Å². The number of carbonyl (C=O) groups is 1. The van der Waals surface area contributed by atoms with Gasteiger partial charge in [-0.05, 0) is 73.6 Å². The van der Waals surface area contributed by atoms with Crippen molar-refractivity contribution >= 4 is 28.6 Å². The Morgan fingerprint density at radius 3 is 2.45 bits per heavy atom. The Kier molecular flexibility index (Phi) is 9.58. The molecule has 1 atom stereocenters. The number of nitrogens with zero attached hydrogens (tertiary/aromatic N) is 5. The second-order valence-electron chi connectivity index (χ2n) is 10.6. The smallest absolute Gasteiger partial charge is 0.406 e. The molecule has 1 N–H and O–H groups in total. The standard InChI is InChI=1S/C32H33F3N6O2S/c1-21(16-17-36-30(42)38-31-40(18-5-19-44-31)28-22(2)6-4-7-23(28)3)24-8-10-25(11-9-24)29-37-20-41(39-29)26-12-14-27(15-13-26)43-32(33,34)35/h4,6-15,20-21H,5,16-19H2,1-3H3,(H,36,42). The predicted molar refractivity (Wildman–Crippen MR) is 168 cm³/mol. The van der Waals surface area contributed by atoms with Crippen LogP contribution in [0.4, 0.5) is 23.7 Å². The summed E-state index contributed by atoms with van der Waals surface area (Å²) in [6.45, 7) is 7.59. The number of carbonyl (C=O) groups excluding carboxylic acids is 1. The Balaban J connectivity index is 1.15. The molecule has 1 aliphatic heterocycles. The molecule has 5 rings (SSSR count). The van der Waals surface area contributed by atoms with Crippen molar-refractivity contribution in [3.8, 4) is 22.8 Å². The number of amidine groups is 1. The van der Waals surface area contributed by atoms with E-state index in [9.17, 15) is 18.0 Å². The summed E-state index contributed by atoms with van der Waals surface area (Å²) in [5.41, 5.74) is 5.92. The summed E-state index contributed by atoms with van der Waals surface area (Å²) in [6, 6.07) is 19.2. The largest absolute Gasteiger partial charge is 0.573 e. The first kappa shape index (κ1) is 31.1. The Morgan fingerprint density at radius 1 is 1.07 bits per heavy atom. The molecule has 1 fully saturated rings. The van der Waals surface area contributed by atoms with Gasteiger partial charge < -0.3 is 15.0 Å². The molecule has 4 aromatic rings. The van der Waals surface area contributed by atoms with Gasteiger partial charge in [0.1, 0.15) is 12.1 Å². The van der Waals surface area contributed by atoms with Crippen LogP contribution in [0.2, 0.25) is 0 Å². The first-order valence-corrected chi connectivity index (χ1v) is 15.3. The number of thioether (sulfide) groups is 1. The molecule has 8 nitrogen and oxygen atoms in total. The Hall–Kier alpha value is -4.32. The SMILES string of the molecule is Cc1cccc(C)c1N1CCCSC1=NC(=O)NCCC(C)c1ccc(-c2ncn(-c3ccc(OC(F)(F)F)cc3)n2)cc1. The predicted octanol–water partition coefficient (Wildman–Crippen LogP) is 7.65. The van der Waals surface area contributed by atoms with Crippen LogP contribution in [0, 0.1) is 13.8 Å². The summed E-state index contributed by atoms with van der Waals surface area (Å²) < 4.78 is 42.6. The van der Waals surface area contributed by atoms with Crippen LogP contribution >= 0.6 is 11.8 Å². The number of rotatable bonds is 8. The summed E-state index contributed by atoms with van der Waals surface area (Å²) in [4.78, 5) is 23.7. The zero-order valence-electron chi connectivity index (χ0n) is 24.6. The lowest BCUT2D eigenvalue weighted by Gasteiger charge is -2.31. The Bertz CT molecular complexity index is 1600. The quantitative estimate of drug-likeness (QED) is 0.217. The van der Waals surface area contributed by atoms with Crippen LogP contribution in [0.3, 0.4) is 0 Å². The maximum Gasteiger partial charge on any atom is 0.573 e. The van der Waals surface area contributed by atoms with E-state index < -0.39 is 6.36 Å². The van der Waals surface area contributed by atoms with E-state index in [1.165, 1.54) is 35.3 Å². The van der Waals surface area contributed by atoms with Gasteiger partial charge in [-0.15, -0.1) is 18.3 Å². The van der Waals surface area contributed by atoms with Crippen molar-refractivity contribution < 1.29 is 22.7 Å². The fourth-order valence-corrected chi connectivity index (χ4v) is 6.00. The highest BCUT2D eigenvalue weighted by Gasteiger charge is 2.31. The highest BCUT2D eigenvalue weighted by Crippen LogP contribution is 2.31. The van der Waals surface area contributed by atoms with Crippen molar-refractivity contribution in [3.63, 3.8) is 0 Å². The number of anilines is 1. The highest BCUT2D eigenvalue weighted by atomic mass is 32.2. The third-order valence-electron chi connectivity index (χ3n) is 7.31. The van der Waals surface area contributed by atoms with Gasteiger partial charge in [0, 0.05) is 30.1 Å². The maximum atomic E-state index is 12.7. The molecule has 1 aliphatic rings. The van der Waals surface area contributed by atoms with Crippen LogP contribution < -0.4 is 15.0 Å². The van der Waals surface area contributed by atoms with Crippen molar-refractivity contribution in [2.75, 3.05) is 23.7 Å². The summed E-state index contributed by atoms with van der Waals surface area (Å²) in [6.07, 6.45) is -1.47. The number of ether oxygens (including phenoxy) is 1. The monoisotopic (exact) mass is 622 g/mol. The van der Waals surface area contributed by atoms with Crippen molar-refractivity contribution in [1.82, 2.24) is 20.1 Å². The van der Waals surface area contributed by atoms with E-state index in [-0.39, 0.29) is 17.7 Å². The summed E-state index contributed by atoms with van der Waals surface area (Å²) in [5.74, 6) is 1.31. The number of benzene rings is 3. The van der Waals surface area contributed by atoms with Crippen LogP contribution in [0.25, 0.3) is 17.1 Å². The van der Waals surface area contributed by atoms with Crippen molar-refractivity contribution in [2.45, 2.75) is 45.9 Å². The minimum absolute atomic E-state index is 0.190. The molecule has 12 heteroatoms. The molecule has 0 aliphatic carbocycles. The van der Waals surface area contributed by atoms with Gasteiger partial charge in [0.2, 0.25) is 0 Å². The van der Waals surface area contributed by atoms with Crippen LogP contribution in [-0.4, -0.2) is 51.2 Å². The molecule has 2 amide bonds. The fraction of sp³-hybridized carbons (Fsp3) is 0.312. The van der Waals surface area contributed by atoms with E-state index in [1.54, 1.807) is 11.8 Å². The van der Waals surface area contributed by atoms with Crippen molar-refractivity contribution in [3.05, 3.63) is 89.7 Å². The number of urea groups is 1. The van der Waals surface area contributed by atoms with E-state index in [1.807, 2.05) is 30.3 Å². The summed E-state index contributed by atoms with van der Waals surface area (Å²) in [5, 5.41) is 8.14. The van der Waals surface area contributed by atoms with Crippen molar-refractivity contribution in [2.24, 2.45) is 4.99 Å². The number of hydrogen-bond donors (Lipinski definition) is 1. The molecule has 3 aromatic carbocycles. The number of aryl methyl sites for hydroxylation is 2. The van der Waals surface area contributed by atoms with E-state index in [0.29, 0.717) is 18.1 Å². The topological polar surface area (TPSA) is 84.6 Å². The lowest BCUT2D eigenvalue weighted by molar-refractivity contribution is -0.274. The molecule has 1 saturated heterocycles. The molecule has 0 saturated carbocycles. The second-order valence-corrected chi connectivity index (χ2v) is 11.6. The number of hydrogen-bond acceptors (Lipinski definition) is 5. The van der Waals surface area contributed by atoms with Gasteiger partial charge in [0.05, 0.1) is 5.69 Å². The first-order valence-electron chi connectivity index (χ1n) is 14.3. The molecule has 1 unspecified atom stereocenters. The van der Waals surface area contributed by atoms with Crippen LogP contribution in [-0.2, 0) is 0 Å². The number of para-hydroxylation sites is 1. The summed E-state index contributed by atoms with van der Waals surface area (Å²) in [7, 11) is 0. The minimum Gasteiger partial charge on any atom is -0.406 e. The molecule has 0 radical (unpaired) electrons. The van der Waals surface area contributed by atoms with E-state index >= 15 is 0 Å². The zero-order valence-corrected chi connectivity index (χ0v) is 25.5. The normalized spacial score (nSPS) is 15.3. The number of aromatic nitrogens is 3. The average molecular weight is 623 g/mol. The molecular weight excluding hydrogens is 589 g/mol. The van der Waals surface area contributed by atoms with E-state index in [4.69, 9.17) is 0 Å². The van der Waals surface area contributed by atoms with Gasteiger partial charge in [-0.1, -0.05) is 61.2 Å². The molecule has 44 heavy (non-hydrogen) atoms. The van der Waals surface area contributed by atoms with Crippen LogP contribution in [0.1, 0.15) is 42.4 Å². The zero-order chi connectivity index (χ0) is 31.3. The molecule has 0 bridgehead atoms. The number of aliphatic imine (C=N–C) groups is 1. The molecule has 1 aromatic heterocycles. The van der Waals surface area contributed by atoms with Gasteiger partial charge in [-0.3, -0.25) is 0 Å². The number of amides is 2. The number of halogens is 3. The highest BCUT2D eigenvalue weighted by molar-refractivity contribution is 8.14. The average Bonchev–Trinajstić information content (AvgIpc) is 3.48. The Morgan fingerprint density at radius 2 is 1.77 bits per heavy atom. The molecule has 2 heterocycles. The Labute approximate surface area is 258 Å². The lowest BCUT2D eigenvalue weighted by Crippen LogP contribution is -2.36.